The Morgan fingerprint density at radius 3 is 2.67 bits per heavy atom. The topological polar surface area (TPSA) is 108 Å². The maximum Gasteiger partial charge on any atom is 0.243 e. The van der Waals surface area contributed by atoms with E-state index in [0.29, 0.717) is 22.9 Å². The molecule has 0 spiro atoms. The fraction of sp³-hybridized carbons (Fsp3) is 0.385. The number of tetrazole rings is 1. The summed E-state index contributed by atoms with van der Waals surface area (Å²) in [6.07, 6.45) is 0. The molecule has 0 aliphatic rings. The van der Waals surface area contributed by atoms with Crippen molar-refractivity contribution in [2.75, 3.05) is 12.4 Å². The number of aromatic nitrogens is 4. The summed E-state index contributed by atoms with van der Waals surface area (Å²) in [7, 11) is 1.56. The summed E-state index contributed by atoms with van der Waals surface area (Å²) in [5, 5.41) is 14.1. The molecular formula is C13H18N6O2. The van der Waals surface area contributed by atoms with Crippen molar-refractivity contribution in [2.24, 2.45) is 5.73 Å². The Morgan fingerprint density at radius 1 is 1.43 bits per heavy atom. The van der Waals surface area contributed by atoms with Crippen LogP contribution in [-0.4, -0.2) is 38.8 Å². The highest BCUT2D eigenvalue weighted by atomic mass is 16.5. The Kier molecular flexibility index (Phi) is 3.90. The monoisotopic (exact) mass is 290 g/mol. The van der Waals surface area contributed by atoms with Crippen LogP contribution in [-0.2, 0) is 4.79 Å². The Morgan fingerprint density at radius 2 is 2.14 bits per heavy atom. The molecular weight excluding hydrogens is 272 g/mol. The van der Waals surface area contributed by atoms with Gasteiger partial charge < -0.3 is 15.8 Å². The van der Waals surface area contributed by atoms with Gasteiger partial charge in [-0.3, -0.25) is 4.79 Å². The van der Waals surface area contributed by atoms with E-state index in [9.17, 15) is 4.79 Å². The van der Waals surface area contributed by atoms with Crippen LogP contribution in [0.3, 0.4) is 0 Å². The number of amides is 1. The Labute approximate surface area is 122 Å². The number of rotatable bonds is 4. The number of hydrogen-bond donors (Lipinski definition) is 2. The molecule has 0 unspecified atom stereocenters. The molecule has 2 aromatic rings. The van der Waals surface area contributed by atoms with E-state index in [4.69, 9.17) is 10.5 Å². The maximum atomic E-state index is 11.9. The van der Waals surface area contributed by atoms with Crippen molar-refractivity contribution < 1.29 is 9.53 Å². The fourth-order valence-electron chi connectivity index (χ4n) is 1.68. The largest absolute Gasteiger partial charge is 0.494 e. The molecule has 0 saturated heterocycles. The van der Waals surface area contributed by atoms with Gasteiger partial charge in [-0.05, 0) is 49.4 Å². The van der Waals surface area contributed by atoms with Crippen molar-refractivity contribution in [2.45, 2.75) is 26.3 Å². The SMILES string of the molecule is COc1ccc(NC(=O)C(C)(C)N)cc1-n1nnnc1C. The third kappa shape index (κ3) is 3.16. The van der Waals surface area contributed by atoms with Crippen LogP contribution >= 0.6 is 0 Å². The number of methoxy groups -OCH3 is 1. The van der Waals surface area contributed by atoms with Crippen LogP contribution in [0.15, 0.2) is 18.2 Å². The van der Waals surface area contributed by atoms with Crippen LogP contribution < -0.4 is 15.8 Å². The molecule has 0 aliphatic heterocycles. The molecule has 2 rings (SSSR count). The number of aryl methyl sites for hydroxylation is 1. The first-order chi connectivity index (χ1) is 9.82. The van der Waals surface area contributed by atoms with Crippen molar-refractivity contribution in [1.82, 2.24) is 20.2 Å². The minimum absolute atomic E-state index is 0.285. The second kappa shape index (κ2) is 5.49. The number of nitrogens with zero attached hydrogens (tertiary/aromatic N) is 4. The van der Waals surface area contributed by atoms with Gasteiger partial charge in [-0.15, -0.1) is 5.10 Å². The van der Waals surface area contributed by atoms with E-state index in [0.717, 1.165) is 0 Å². The van der Waals surface area contributed by atoms with Gasteiger partial charge in [0.1, 0.15) is 11.4 Å². The van der Waals surface area contributed by atoms with E-state index >= 15 is 0 Å². The minimum Gasteiger partial charge on any atom is -0.494 e. The summed E-state index contributed by atoms with van der Waals surface area (Å²) >= 11 is 0. The van der Waals surface area contributed by atoms with Crippen LogP contribution in [0, 0.1) is 6.92 Å². The zero-order chi connectivity index (χ0) is 15.6. The summed E-state index contributed by atoms with van der Waals surface area (Å²) in [4.78, 5) is 11.9. The summed E-state index contributed by atoms with van der Waals surface area (Å²) < 4.78 is 6.83. The van der Waals surface area contributed by atoms with Crippen LogP contribution in [0.1, 0.15) is 19.7 Å². The Balaban J connectivity index is 2.39. The molecule has 21 heavy (non-hydrogen) atoms. The van der Waals surface area contributed by atoms with Crippen molar-refractivity contribution in [3.63, 3.8) is 0 Å². The second-order valence-corrected chi connectivity index (χ2v) is 5.20. The number of ether oxygens (including phenoxy) is 1. The summed E-state index contributed by atoms with van der Waals surface area (Å²) in [5.74, 6) is 0.915. The molecule has 3 N–H and O–H groups in total. The van der Waals surface area contributed by atoms with Gasteiger partial charge in [-0.25, -0.2) is 0 Å². The third-order valence-electron chi connectivity index (χ3n) is 2.88. The van der Waals surface area contributed by atoms with Crippen molar-refractivity contribution >= 4 is 11.6 Å². The van der Waals surface area contributed by atoms with Crippen LogP contribution in [0.5, 0.6) is 5.75 Å². The van der Waals surface area contributed by atoms with Gasteiger partial charge in [0.05, 0.1) is 12.6 Å². The quantitative estimate of drug-likeness (QED) is 0.856. The molecule has 0 bridgehead atoms. The molecule has 0 fully saturated rings. The standard InChI is InChI=1S/C13H18N6O2/c1-8-16-17-18-19(8)10-7-9(5-6-11(10)21-4)15-12(20)13(2,3)14/h5-7H,14H2,1-4H3,(H,15,20). The molecule has 0 atom stereocenters. The lowest BCUT2D eigenvalue weighted by Crippen LogP contribution is -2.45. The molecule has 8 heteroatoms. The average molecular weight is 290 g/mol. The van der Waals surface area contributed by atoms with Crippen molar-refractivity contribution in [1.29, 1.82) is 0 Å². The summed E-state index contributed by atoms with van der Waals surface area (Å²) in [6, 6.07) is 5.19. The van der Waals surface area contributed by atoms with Crippen LogP contribution in [0.4, 0.5) is 5.69 Å². The first-order valence-electron chi connectivity index (χ1n) is 6.36. The zero-order valence-corrected chi connectivity index (χ0v) is 12.4. The van der Waals surface area contributed by atoms with Crippen molar-refractivity contribution in [3.8, 4) is 11.4 Å². The van der Waals surface area contributed by atoms with Gasteiger partial charge in [0.15, 0.2) is 5.82 Å². The molecule has 8 nitrogen and oxygen atoms in total. The van der Waals surface area contributed by atoms with E-state index in [1.807, 2.05) is 0 Å². The number of nitrogens with two attached hydrogens (primary N) is 1. The molecule has 112 valence electrons. The van der Waals surface area contributed by atoms with E-state index in [-0.39, 0.29) is 5.91 Å². The maximum absolute atomic E-state index is 11.9. The van der Waals surface area contributed by atoms with Gasteiger partial charge in [-0.2, -0.15) is 4.68 Å². The lowest BCUT2D eigenvalue weighted by atomic mass is 10.1. The Hall–Kier alpha value is -2.48. The van der Waals surface area contributed by atoms with E-state index < -0.39 is 5.54 Å². The Bertz CT molecular complexity index is 659. The average Bonchev–Trinajstić information content (AvgIpc) is 2.83. The number of carbonyl (C=O) groups is 1. The van der Waals surface area contributed by atoms with Gasteiger partial charge in [0.2, 0.25) is 5.91 Å². The van der Waals surface area contributed by atoms with Gasteiger partial charge in [-0.1, -0.05) is 0 Å². The first kappa shape index (κ1) is 14.9. The smallest absolute Gasteiger partial charge is 0.243 e. The number of benzene rings is 1. The molecule has 1 aromatic heterocycles. The summed E-state index contributed by atoms with van der Waals surface area (Å²) in [5.41, 5.74) is 6.02. The minimum atomic E-state index is -0.967. The van der Waals surface area contributed by atoms with Crippen LogP contribution in [0.25, 0.3) is 5.69 Å². The lowest BCUT2D eigenvalue weighted by molar-refractivity contribution is -0.120. The number of hydrogen-bond acceptors (Lipinski definition) is 6. The summed E-state index contributed by atoms with van der Waals surface area (Å²) in [6.45, 7) is 5.05. The van der Waals surface area contributed by atoms with Crippen LogP contribution in [0.2, 0.25) is 0 Å². The molecule has 1 heterocycles. The normalized spacial score (nSPS) is 11.3. The molecule has 0 saturated carbocycles. The predicted molar refractivity (Wildman–Crippen MR) is 77.3 cm³/mol. The lowest BCUT2D eigenvalue weighted by Gasteiger charge is -2.18. The number of nitrogens with one attached hydrogen (secondary N) is 1. The molecule has 1 amide bonds. The predicted octanol–water partition coefficient (Wildman–Crippen LogP) is 0.655. The van der Waals surface area contributed by atoms with Crippen molar-refractivity contribution in [3.05, 3.63) is 24.0 Å². The van der Waals surface area contributed by atoms with E-state index in [2.05, 4.69) is 20.8 Å². The van der Waals surface area contributed by atoms with Gasteiger partial charge in [0.25, 0.3) is 0 Å². The van der Waals surface area contributed by atoms with Gasteiger partial charge >= 0.3 is 0 Å². The zero-order valence-electron chi connectivity index (χ0n) is 12.4. The third-order valence-corrected chi connectivity index (χ3v) is 2.88. The second-order valence-electron chi connectivity index (χ2n) is 5.20. The van der Waals surface area contributed by atoms with E-state index in [1.54, 1.807) is 46.1 Å². The number of anilines is 1. The number of carbonyl (C=O) groups excluding carboxylic acids is 1. The first-order valence-corrected chi connectivity index (χ1v) is 6.36. The fourth-order valence-corrected chi connectivity index (χ4v) is 1.68. The highest BCUT2D eigenvalue weighted by Crippen LogP contribution is 2.26. The van der Waals surface area contributed by atoms with E-state index in [1.165, 1.54) is 4.68 Å². The molecule has 0 radical (unpaired) electrons. The molecule has 0 aliphatic carbocycles. The van der Waals surface area contributed by atoms with Gasteiger partial charge in [0, 0.05) is 5.69 Å². The highest BCUT2D eigenvalue weighted by molar-refractivity contribution is 5.97. The molecule has 1 aromatic carbocycles. The highest BCUT2D eigenvalue weighted by Gasteiger charge is 2.22.